The van der Waals surface area contributed by atoms with Gasteiger partial charge in [-0.1, -0.05) is 33.8 Å². The molecule has 0 amide bonds. The molecule has 2 N–H and O–H groups in total. The normalized spacial score (nSPS) is 43.4. The minimum atomic E-state index is -1.16. The average Bonchev–Trinajstić information content (AvgIpc) is 3.62. The molecule has 0 saturated carbocycles. The molecule has 13 unspecified atom stereocenters. The molecule has 0 aliphatic carbocycles. The lowest BCUT2D eigenvalue weighted by Gasteiger charge is -2.44. The molecule has 13 atom stereocenters. The summed E-state index contributed by atoms with van der Waals surface area (Å²) in [7, 11) is 3.76. The molecule has 10 nitrogen and oxygen atoms in total. The van der Waals surface area contributed by atoms with E-state index in [-0.39, 0.29) is 42.2 Å². The number of likely N-dealkylation sites (N-methyl/N-ethyl adjacent to an activating group) is 1. The van der Waals surface area contributed by atoms with Gasteiger partial charge in [-0.15, -0.1) is 0 Å². The molecule has 0 spiro atoms. The molecule has 2 saturated heterocycles. The molecular weight excluding hydrogens is 554 g/mol. The molecule has 0 bridgehead atoms. The van der Waals surface area contributed by atoms with Gasteiger partial charge < -0.3 is 34.1 Å². The smallest absolute Gasteiger partial charge is 0.308 e. The van der Waals surface area contributed by atoms with E-state index in [9.17, 15) is 24.6 Å². The van der Waals surface area contributed by atoms with Gasteiger partial charge in [-0.05, 0) is 72.4 Å². The number of esters is 1. The fourth-order valence-electron chi connectivity index (χ4n) is 6.49. The van der Waals surface area contributed by atoms with Crippen molar-refractivity contribution in [3.8, 4) is 0 Å². The Morgan fingerprint density at radius 3 is 2.42 bits per heavy atom. The summed E-state index contributed by atoms with van der Waals surface area (Å²) in [5.74, 6) is -2.57. The summed E-state index contributed by atoms with van der Waals surface area (Å²) in [6.07, 6.45) is 2.83. The van der Waals surface area contributed by atoms with Gasteiger partial charge in [0.2, 0.25) is 0 Å². The van der Waals surface area contributed by atoms with Gasteiger partial charge in [-0.3, -0.25) is 14.4 Å². The van der Waals surface area contributed by atoms with Crippen LogP contribution in [0.3, 0.4) is 0 Å². The molecule has 2 fully saturated rings. The van der Waals surface area contributed by atoms with Crippen molar-refractivity contribution in [2.45, 2.75) is 129 Å². The van der Waals surface area contributed by atoms with Gasteiger partial charge in [0.15, 0.2) is 17.9 Å². The predicted octanol–water partition coefficient (Wildman–Crippen LogP) is 3.23. The standard InChI is InChI=1S/C33H53NO9/c1-10-27-22(6)31-33(7,43-31)14-13-25(36)18(2)15-23(12-11-19(3)35)30(21(5)26(37)17-28(38)41-27)42-32-29(39)24(34(8)9)16-20(4)40-32/h11-14,18,20-24,26-27,29-32,37,39H,10,15-17H2,1-9H3. The fraction of sp³-hybridized carbons (Fsp3) is 0.788. The second-order valence-corrected chi connectivity index (χ2v) is 13.3. The van der Waals surface area contributed by atoms with Crippen molar-refractivity contribution in [2.75, 3.05) is 14.1 Å². The Kier molecular flexibility index (Phi) is 12.3. The summed E-state index contributed by atoms with van der Waals surface area (Å²) in [6, 6.07) is -0.227. The van der Waals surface area contributed by atoms with Crippen molar-refractivity contribution in [3.63, 3.8) is 0 Å². The number of cyclic esters (lactones) is 1. The van der Waals surface area contributed by atoms with Crippen LogP contribution in [0.2, 0.25) is 0 Å². The van der Waals surface area contributed by atoms with E-state index in [1.165, 1.54) is 13.0 Å². The summed E-state index contributed by atoms with van der Waals surface area (Å²) < 4.78 is 24.4. The largest absolute Gasteiger partial charge is 0.462 e. The predicted molar refractivity (Wildman–Crippen MR) is 161 cm³/mol. The number of allylic oxidation sites excluding steroid dienone is 2. The van der Waals surface area contributed by atoms with Crippen molar-refractivity contribution in [2.24, 2.45) is 23.7 Å². The Morgan fingerprint density at radius 1 is 1.14 bits per heavy atom. The first-order valence-electron chi connectivity index (χ1n) is 15.7. The first-order chi connectivity index (χ1) is 20.1. The van der Waals surface area contributed by atoms with Crippen LogP contribution in [-0.2, 0) is 33.3 Å². The molecule has 43 heavy (non-hydrogen) atoms. The number of rotatable bonds is 6. The van der Waals surface area contributed by atoms with Crippen LogP contribution in [0.25, 0.3) is 0 Å². The average molecular weight is 608 g/mol. The number of fused-ring (bicyclic) bond motifs is 1. The van der Waals surface area contributed by atoms with E-state index >= 15 is 0 Å². The van der Waals surface area contributed by atoms with Crippen LogP contribution >= 0.6 is 0 Å². The van der Waals surface area contributed by atoms with Crippen molar-refractivity contribution in [1.29, 1.82) is 0 Å². The summed E-state index contributed by atoms with van der Waals surface area (Å²) in [5.41, 5.74) is -0.645. The number of carbonyl (C=O) groups excluding carboxylic acids is 3. The van der Waals surface area contributed by atoms with Gasteiger partial charge in [-0.2, -0.15) is 0 Å². The Bertz CT molecular complexity index is 1040. The van der Waals surface area contributed by atoms with E-state index < -0.39 is 60.0 Å². The van der Waals surface area contributed by atoms with Crippen molar-refractivity contribution >= 4 is 17.5 Å². The van der Waals surface area contributed by atoms with Gasteiger partial charge in [0.1, 0.15) is 17.8 Å². The number of nitrogens with zero attached hydrogens (tertiary/aromatic N) is 1. The minimum Gasteiger partial charge on any atom is -0.462 e. The summed E-state index contributed by atoms with van der Waals surface area (Å²) in [5, 5.41) is 22.6. The molecular formula is C33H53NO9. The Hall–Kier alpha value is -1.95. The quantitative estimate of drug-likeness (QED) is 0.263. The number of carbonyl (C=O) groups is 3. The lowest BCUT2D eigenvalue weighted by Crippen LogP contribution is -2.56. The zero-order valence-electron chi connectivity index (χ0n) is 27.3. The van der Waals surface area contributed by atoms with Gasteiger partial charge in [0, 0.05) is 29.7 Å². The Balaban J connectivity index is 2.01. The van der Waals surface area contributed by atoms with E-state index in [4.69, 9.17) is 18.9 Å². The lowest BCUT2D eigenvalue weighted by molar-refractivity contribution is -0.281. The monoisotopic (exact) mass is 607 g/mol. The third kappa shape index (κ3) is 9.05. The Morgan fingerprint density at radius 2 is 1.81 bits per heavy atom. The SMILES string of the molecule is CCC1OC(=O)CC(O)C(C)C(OC2OC(C)CC(N(C)C)C2O)C(C=CC(C)=O)CC(C)C(=O)C=CC2(C)OC2C1C. The maximum absolute atomic E-state index is 13.3. The van der Waals surface area contributed by atoms with Crippen LogP contribution in [0, 0.1) is 23.7 Å². The number of ether oxygens (including phenoxy) is 4. The number of aliphatic hydroxyl groups is 2. The van der Waals surface area contributed by atoms with Gasteiger partial charge in [-0.25, -0.2) is 0 Å². The van der Waals surface area contributed by atoms with Crippen LogP contribution in [0.5, 0.6) is 0 Å². The topological polar surface area (TPSA) is 135 Å². The number of hydrogen-bond acceptors (Lipinski definition) is 10. The third-order valence-corrected chi connectivity index (χ3v) is 9.40. The summed E-state index contributed by atoms with van der Waals surface area (Å²) in [4.78, 5) is 40.4. The molecule has 0 aromatic heterocycles. The lowest BCUT2D eigenvalue weighted by atomic mass is 9.80. The van der Waals surface area contributed by atoms with E-state index in [1.54, 1.807) is 25.2 Å². The molecule has 3 heterocycles. The third-order valence-electron chi connectivity index (χ3n) is 9.40. The first kappa shape index (κ1) is 35.5. The number of ketones is 2. The second kappa shape index (κ2) is 14.9. The molecule has 3 rings (SSSR count). The minimum absolute atomic E-state index is 0.0999. The van der Waals surface area contributed by atoms with Crippen LogP contribution < -0.4 is 0 Å². The summed E-state index contributed by atoms with van der Waals surface area (Å²) in [6.45, 7) is 12.7. The summed E-state index contributed by atoms with van der Waals surface area (Å²) >= 11 is 0. The highest BCUT2D eigenvalue weighted by molar-refractivity contribution is 5.91. The number of epoxide rings is 1. The maximum atomic E-state index is 13.3. The molecule has 0 aromatic rings. The van der Waals surface area contributed by atoms with Crippen molar-refractivity contribution < 1.29 is 43.5 Å². The maximum Gasteiger partial charge on any atom is 0.308 e. The molecule has 0 radical (unpaired) electrons. The van der Waals surface area contributed by atoms with Crippen molar-refractivity contribution in [1.82, 2.24) is 4.90 Å². The van der Waals surface area contributed by atoms with E-state index in [0.29, 0.717) is 19.3 Å². The van der Waals surface area contributed by atoms with Crippen LogP contribution in [0.15, 0.2) is 24.3 Å². The van der Waals surface area contributed by atoms with Gasteiger partial charge in [0.25, 0.3) is 0 Å². The van der Waals surface area contributed by atoms with E-state index in [0.717, 1.165) is 0 Å². The molecule has 3 aliphatic rings. The molecule has 10 heteroatoms. The highest BCUT2D eigenvalue weighted by atomic mass is 16.7. The van der Waals surface area contributed by atoms with Crippen LogP contribution in [0.4, 0.5) is 0 Å². The van der Waals surface area contributed by atoms with Crippen molar-refractivity contribution in [3.05, 3.63) is 24.3 Å². The zero-order chi connectivity index (χ0) is 32.2. The molecule has 244 valence electrons. The highest BCUT2D eigenvalue weighted by Crippen LogP contribution is 2.45. The second-order valence-electron chi connectivity index (χ2n) is 13.3. The van der Waals surface area contributed by atoms with E-state index in [1.807, 2.05) is 53.6 Å². The Labute approximate surface area is 256 Å². The van der Waals surface area contributed by atoms with Gasteiger partial charge in [0.05, 0.1) is 30.8 Å². The fourth-order valence-corrected chi connectivity index (χ4v) is 6.49. The highest BCUT2D eigenvalue weighted by Gasteiger charge is 2.55. The van der Waals surface area contributed by atoms with Crippen LogP contribution in [-0.4, -0.2) is 101 Å². The molecule has 0 aromatic carbocycles. The molecule has 3 aliphatic heterocycles. The number of aliphatic hydroxyl groups excluding tert-OH is 2. The zero-order valence-corrected chi connectivity index (χ0v) is 27.3. The number of hydrogen-bond donors (Lipinski definition) is 2. The first-order valence-corrected chi connectivity index (χ1v) is 15.7. The van der Waals surface area contributed by atoms with E-state index in [2.05, 4.69) is 0 Å². The van der Waals surface area contributed by atoms with Gasteiger partial charge >= 0.3 is 5.97 Å². The van der Waals surface area contributed by atoms with Crippen LogP contribution in [0.1, 0.15) is 74.1 Å².